The number of nitrogens with two attached hydrogens (primary N) is 5. The molecule has 1 aromatic heterocycles. The van der Waals surface area contributed by atoms with Gasteiger partial charge in [-0.25, -0.2) is 4.79 Å². The number of carboxylic acids is 1. The fraction of sp³-hybridized carbons (Fsp3) is 0.544. The fourth-order valence-electron chi connectivity index (χ4n) is 12.0. The second-order valence-electron chi connectivity index (χ2n) is 26.9. The second kappa shape index (κ2) is 47.0. The normalized spacial score (nSPS) is 22.4. The number of fused-ring (bicyclic) bond motifs is 3. The Bertz CT molecular complexity index is 3940. The fourth-order valence-corrected chi connectivity index (χ4v) is 13.1. The predicted molar refractivity (Wildman–Crippen MR) is 419 cm³/mol. The maximum Gasteiger partial charge on any atom is 0.312 e. The number of rotatable bonds is 28. The quantitative estimate of drug-likeness (QED) is 0.0106. The molecule has 2 aliphatic rings. The molecule has 0 spiro atoms. The van der Waals surface area contributed by atoms with Gasteiger partial charge in [0.25, 0.3) is 0 Å². The molecule has 2 aromatic carbocycles. The van der Waals surface area contributed by atoms with Crippen LogP contribution in [0.3, 0.4) is 0 Å². The number of carbonyl (C=O) groups excluding carboxylic acids is 15. The summed E-state index contributed by atoms with van der Waals surface area (Å²) in [7, 11) is 0. The van der Waals surface area contributed by atoms with Gasteiger partial charge in [-0.05, 0) is 142 Å². The van der Waals surface area contributed by atoms with E-state index in [0.717, 1.165) is 11.8 Å². The SMILES string of the molecule is C[C@@H](O)[C@@H]1NC(=O)[C@@H](NC(=O)[C@H](CS)NC(=O)CN)Cc2cn(nn2)CCC[C@@H](C(=O)N[C@@H](Cc2ccc(O)cc2)C(N)=O)NC(=O)[C@H](CCC(N)=O)NC(=O)[C@H](CCc2ccc(O)c(I)c2)NC(=O)[C@H](CCCNC(N)=O)NC(=O)[C@H](CS)NC(=O)[C@H](CCCNC(=N)N)NC(=O)[C@@H]2CCCCN2C(=O)[C@H](CC(=O)O)NC1=O. The first-order valence-corrected chi connectivity index (χ1v) is 38.6. The maximum absolute atomic E-state index is 15.0. The molecule has 0 saturated carbocycles. The Morgan fingerprint density at radius 1 is 0.667 bits per heavy atom. The molecular weight excluding hydrogens is 1650 g/mol. The number of guanidine groups is 1. The van der Waals surface area contributed by atoms with E-state index in [4.69, 9.17) is 34.1 Å². The summed E-state index contributed by atoms with van der Waals surface area (Å²) in [5.41, 5.74) is 28.6. The number of carboxylic acid groups (broad SMARTS) is 1. The number of hydrogen-bond acceptors (Lipinski definition) is 25. The van der Waals surface area contributed by atoms with E-state index in [2.05, 4.69) is 105 Å². The second-order valence-corrected chi connectivity index (χ2v) is 28.8. The van der Waals surface area contributed by atoms with Crippen LogP contribution in [0.25, 0.3) is 0 Å². The number of aryl methyl sites for hydroxylation is 2. The first-order chi connectivity index (χ1) is 54.0. The Kier molecular flexibility index (Phi) is 38.6. The van der Waals surface area contributed by atoms with E-state index in [-0.39, 0.29) is 126 Å². The zero-order valence-corrected chi connectivity index (χ0v) is 66.1. The smallest absolute Gasteiger partial charge is 0.312 e. The van der Waals surface area contributed by atoms with Crippen LogP contribution in [0.15, 0.2) is 48.7 Å². The average molecular weight is 1750 g/mol. The number of aliphatic carboxylic acids is 1. The number of carbonyl (C=O) groups is 16. The van der Waals surface area contributed by atoms with Crippen LogP contribution in [0, 0.1) is 8.98 Å². The molecule has 0 aliphatic carbocycles. The Morgan fingerprint density at radius 2 is 1.25 bits per heavy atom. The molecule has 0 radical (unpaired) electrons. The van der Waals surface area contributed by atoms with E-state index < -0.39 is 217 Å². The lowest BCUT2D eigenvalue weighted by atomic mass is 9.98. The number of hydrogen-bond donors (Lipinski definition) is 25. The highest BCUT2D eigenvalue weighted by atomic mass is 127. The van der Waals surface area contributed by atoms with E-state index in [1.54, 1.807) is 6.07 Å². The Balaban J connectivity index is 1.69. The van der Waals surface area contributed by atoms with Crippen molar-refractivity contribution < 1.29 is 97.1 Å². The number of nitrogens with zero attached hydrogens (tertiary/aromatic N) is 4. The average Bonchev–Trinajstić information content (AvgIpc) is 0.902. The Hall–Kier alpha value is -10.9. The van der Waals surface area contributed by atoms with Gasteiger partial charge in [0.1, 0.15) is 84.0 Å². The number of urea groups is 1. The summed E-state index contributed by atoms with van der Waals surface area (Å²) in [5, 5.41) is 89.8. The molecule has 1 fully saturated rings. The summed E-state index contributed by atoms with van der Waals surface area (Å²) in [5.74, 6) is -18.2. The van der Waals surface area contributed by atoms with E-state index in [1.807, 2.05) is 22.6 Å². The summed E-state index contributed by atoms with van der Waals surface area (Å²) >= 11 is 10.4. The van der Waals surface area contributed by atoms with E-state index in [0.29, 0.717) is 14.7 Å². The van der Waals surface area contributed by atoms with Gasteiger partial charge in [-0.1, -0.05) is 23.4 Å². The molecule has 2 bridgehead atoms. The van der Waals surface area contributed by atoms with Crippen molar-refractivity contribution >= 4 is 149 Å². The molecule has 16 amide bonds. The van der Waals surface area contributed by atoms with Crippen molar-refractivity contribution in [3.63, 3.8) is 0 Å². The lowest BCUT2D eigenvalue weighted by Crippen LogP contribution is -2.63. The molecule has 2 aliphatic heterocycles. The van der Waals surface area contributed by atoms with Gasteiger partial charge in [0.15, 0.2) is 5.96 Å². The van der Waals surface area contributed by atoms with Crippen molar-refractivity contribution in [3.05, 3.63) is 69.1 Å². The molecule has 46 heteroatoms. The van der Waals surface area contributed by atoms with Crippen LogP contribution in [-0.2, 0) is 97.7 Å². The maximum atomic E-state index is 15.0. The highest BCUT2D eigenvalue weighted by Gasteiger charge is 2.42. The van der Waals surface area contributed by atoms with Gasteiger partial charge in [0.05, 0.1) is 28.3 Å². The molecule has 114 heavy (non-hydrogen) atoms. The van der Waals surface area contributed by atoms with Crippen molar-refractivity contribution in [2.75, 3.05) is 37.7 Å². The highest BCUT2D eigenvalue weighted by molar-refractivity contribution is 14.1. The number of nitrogens with one attached hydrogen (secondary N) is 14. The third-order valence-electron chi connectivity index (χ3n) is 18.1. The number of phenolic OH excluding ortho intramolecular Hbond substituents is 2. The van der Waals surface area contributed by atoms with Crippen LogP contribution in [0.4, 0.5) is 4.79 Å². The summed E-state index contributed by atoms with van der Waals surface area (Å²) in [6.07, 6.45) is -4.77. The van der Waals surface area contributed by atoms with Crippen molar-refractivity contribution in [2.24, 2.45) is 28.7 Å². The lowest BCUT2D eigenvalue weighted by Gasteiger charge is -2.37. The largest absolute Gasteiger partial charge is 0.508 e. The molecule has 1 saturated heterocycles. The summed E-state index contributed by atoms with van der Waals surface area (Å²) in [4.78, 5) is 224. The van der Waals surface area contributed by atoms with Gasteiger partial charge < -0.3 is 123 Å². The van der Waals surface area contributed by atoms with Crippen LogP contribution in [0.1, 0.15) is 107 Å². The van der Waals surface area contributed by atoms with Crippen molar-refractivity contribution in [3.8, 4) is 11.5 Å². The first-order valence-electron chi connectivity index (χ1n) is 36.3. The van der Waals surface area contributed by atoms with Crippen molar-refractivity contribution in [1.29, 1.82) is 5.41 Å². The molecule has 5 rings (SSSR count). The number of primary amides is 3. The van der Waals surface area contributed by atoms with Gasteiger partial charge in [-0.15, -0.1) is 5.10 Å². The minimum atomic E-state index is -2.06. The van der Waals surface area contributed by atoms with Gasteiger partial charge in [0, 0.05) is 63.1 Å². The Morgan fingerprint density at radius 3 is 1.82 bits per heavy atom. The first kappa shape index (κ1) is 93.7. The third kappa shape index (κ3) is 31.2. The third-order valence-corrected chi connectivity index (χ3v) is 19.7. The van der Waals surface area contributed by atoms with E-state index in [9.17, 15) is 92.3 Å². The zero-order chi connectivity index (χ0) is 84.5. The molecule has 3 heterocycles. The molecule has 3 aromatic rings. The summed E-state index contributed by atoms with van der Waals surface area (Å²) < 4.78 is 1.59. The number of thiol groups is 2. The number of aromatic nitrogens is 3. The van der Waals surface area contributed by atoms with E-state index >= 15 is 4.79 Å². The van der Waals surface area contributed by atoms with Crippen molar-refractivity contribution in [1.82, 2.24) is 89.0 Å². The standard InChI is InChI=1S/C68H100IN23O20S2/c1-33(93)54-65(110)86-46(28-53(98)99)66(111)92-24-3-2-10-49(92)64(109)83-40(7-4-21-76-67(73)74)58(103)87-48(32-114)63(108)80-39(8-5-22-77-68(75)112)56(101)81-42(17-13-34-14-19-50(95)38(69)25-34)59(104)82-43(18-20-51(71)96)60(105)79-41(57(102)84-44(55(72)100)26-35-11-15-37(94)16-12-35)9-6-23-91-30-36(89-90-91)27-45(61(106)88-54)85-62(107)47(31-113)78-52(97)29-70/h11-12,14-16,19,25,30,33,39-49,54,93-95,113-114H,2-10,13,17-18,20-24,26-29,31-32,70H2,1H3,(H2,71,96)(H2,72,100)(H,78,97)(H,79,105)(H,80,108)(H,81,101)(H,82,104)(H,83,109)(H,84,102)(H,85,107)(H,86,110)(H,87,103)(H,88,106)(H,98,99)(H4,73,74,76)(H3,75,77,112)/t33-,39+,40+,41+,42+,43+,44+,45+,46+,47+,48+,49+,54+/m1/s1. The zero-order valence-electron chi connectivity index (χ0n) is 62.2. The van der Waals surface area contributed by atoms with Gasteiger partial charge >= 0.3 is 12.0 Å². The summed E-state index contributed by atoms with van der Waals surface area (Å²) in [6, 6.07) is -11.3. The van der Waals surface area contributed by atoms with Crippen LogP contribution >= 0.6 is 47.8 Å². The predicted octanol–water partition coefficient (Wildman–Crippen LogP) is -7.64. The number of aliphatic hydroxyl groups is 1. The van der Waals surface area contributed by atoms with E-state index in [1.165, 1.54) is 47.3 Å². The number of aromatic hydroxyl groups is 2. The van der Waals surface area contributed by atoms with Crippen molar-refractivity contribution in [2.45, 2.75) is 195 Å². The lowest BCUT2D eigenvalue weighted by molar-refractivity contribution is -0.149. The van der Waals surface area contributed by atoms with Crippen LogP contribution in [0.5, 0.6) is 11.5 Å². The number of aliphatic hydroxyl groups excluding tert-OH is 1. The molecule has 0 unspecified atom stereocenters. The topological polar surface area (TPSA) is 698 Å². The minimum absolute atomic E-state index is 0.00616. The monoisotopic (exact) mass is 1750 g/mol. The number of phenols is 2. The molecule has 626 valence electrons. The number of benzene rings is 2. The van der Waals surface area contributed by atoms with Gasteiger partial charge in [0.2, 0.25) is 82.7 Å². The van der Waals surface area contributed by atoms with Crippen LogP contribution < -0.4 is 97.8 Å². The van der Waals surface area contributed by atoms with Crippen LogP contribution in [-0.4, -0.2) is 257 Å². The van der Waals surface area contributed by atoms with Crippen LogP contribution in [0.2, 0.25) is 0 Å². The molecule has 13 atom stereocenters. The molecule has 28 N–H and O–H groups in total. The highest BCUT2D eigenvalue weighted by Crippen LogP contribution is 2.23. The summed E-state index contributed by atoms with van der Waals surface area (Å²) in [6.45, 7) is -0.161. The van der Waals surface area contributed by atoms with Gasteiger partial charge in [-0.3, -0.25) is 82.0 Å². The number of halogens is 1. The number of piperidine rings is 1. The Labute approximate surface area is 678 Å². The number of amides is 16. The minimum Gasteiger partial charge on any atom is -0.508 e. The van der Waals surface area contributed by atoms with Gasteiger partial charge in [-0.2, -0.15) is 25.3 Å². The molecular formula is C68H100IN23O20S2. The molecule has 43 nitrogen and oxygen atoms in total.